The average molecular weight is 495 g/mol. The molecule has 1 aliphatic carbocycles. The van der Waals surface area contributed by atoms with Crippen LogP contribution in [0.25, 0.3) is 5.57 Å². The number of alkyl halides is 3. The molecule has 36 heavy (non-hydrogen) atoms. The maximum Gasteiger partial charge on any atom is 0.413 e. The number of rotatable bonds is 8. The van der Waals surface area contributed by atoms with Gasteiger partial charge in [-0.1, -0.05) is 19.1 Å². The standard InChI is InChI=1S/C27H25F3N4O2/c1-2-12-34-17-22(8-10-25(34)35)26(36)33-24-9-5-18(15-32-24)13-20-7-6-19(14-23(20)27(28,29)30)21-4-3-11-31-16-21/h3-5,7-11,14-17,20,26,36H,2,12-13H2,1H3,(H,32,33). The Morgan fingerprint density at radius 3 is 2.69 bits per heavy atom. The van der Waals surface area contributed by atoms with Crippen molar-refractivity contribution in [2.24, 2.45) is 5.92 Å². The molecule has 0 amide bonds. The minimum atomic E-state index is -4.50. The quantitative estimate of drug-likeness (QED) is 0.338. The molecule has 3 aromatic heterocycles. The van der Waals surface area contributed by atoms with Crippen LogP contribution in [0.5, 0.6) is 0 Å². The Kier molecular flexibility index (Phi) is 7.52. The van der Waals surface area contributed by atoms with Gasteiger partial charge in [0, 0.05) is 65.6 Å². The fourth-order valence-corrected chi connectivity index (χ4v) is 3.97. The van der Waals surface area contributed by atoms with Crippen LogP contribution in [0.2, 0.25) is 0 Å². The second kappa shape index (κ2) is 10.8. The molecule has 0 aliphatic heterocycles. The average Bonchev–Trinajstić information content (AvgIpc) is 2.87. The minimum absolute atomic E-state index is 0.0937. The van der Waals surface area contributed by atoms with E-state index in [2.05, 4.69) is 21.0 Å². The first-order chi connectivity index (χ1) is 17.2. The number of hydrogen-bond acceptors (Lipinski definition) is 5. The summed E-state index contributed by atoms with van der Waals surface area (Å²) in [5.74, 6) is -0.555. The van der Waals surface area contributed by atoms with E-state index in [1.54, 1.807) is 36.7 Å². The number of aryl methyl sites for hydroxylation is 1. The molecule has 0 aromatic carbocycles. The highest BCUT2D eigenvalue weighted by Crippen LogP contribution is 2.38. The Balaban J connectivity index is 1.48. The second-order valence-electron chi connectivity index (χ2n) is 8.47. The Morgan fingerprint density at radius 2 is 2.03 bits per heavy atom. The molecule has 2 N–H and O–H groups in total. The Labute approximate surface area is 206 Å². The fourth-order valence-electron chi connectivity index (χ4n) is 3.97. The summed E-state index contributed by atoms with van der Waals surface area (Å²) in [6.07, 6.45) is 3.96. The lowest BCUT2D eigenvalue weighted by Gasteiger charge is -2.22. The van der Waals surface area contributed by atoms with Gasteiger partial charge in [-0.2, -0.15) is 13.2 Å². The predicted molar refractivity (Wildman–Crippen MR) is 131 cm³/mol. The van der Waals surface area contributed by atoms with Crippen LogP contribution in [0.3, 0.4) is 0 Å². The highest BCUT2D eigenvalue weighted by Gasteiger charge is 2.39. The van der Waals surface area contributed by atoms with Crippen LogP contribution in [-0.2, 0) is 13.0 Å². The van der Waals surface area contributed by atoms with E-state index in [-0.39, 0.29) is 12.0 Å². The van der Waals surface area contributed by atoms with Gasteiger partial charge in [-0.3, -0.25) is 9.78 Å². The molecule has 2 atom stereocenters. The lowest BCUT2D eigenvalue weighted by molar-refractivity contribution is -0.0972. The highest BCUT2D eigenvalue weighted by molar-refractivity contribution is 5.75. The number of pyridine rings is 3. The monoisotopic (exact) mass is 494 g/mol. The highest BCUT2D eigenvalue weighted by atomic mass is 19.4. The number of aliphatic hydroxyl groups is 1. The number of anilines is 1. The van der Waals surface area contributed by atoms with E-state index in [1.807, 2.05) is 6.92 Å². The zero-order valence-electron chi connectivity index (χ0n) is 19.5. The molecule has 0 fully saturated rings. The van der Waals surface area contributed by atoms with E-state index in [0.717, 1.165) is 12.5 Å². The van der Waals surface area contributed by atoms with Gasteiger partial charge in [-0.25, -0.2) is 4.98 Å². The zero-order chi connectivity index (χ0) is 25.7. The lowest BCUT2D eigenvalue weighted by atomic mass is 9.86. The van der Waals surface area contributed by atoms with Crippen LogP contribution in [0.1, 0.15) is 36.3 Å². The van der Waals surface area contributed by atoms with Gasteiger partial charge in [0.05, 0.1) is 0 Å². The second-order valence-corrected chi connectivity index (χ2v) is 8.47. The topological polar surface area (TPSA) is 80.0 Å². The van der Waals surface area contributed by atoms with Gasteiger partial charge in [-0.15, -0.1) is 5.73 Å². The largest absolute Gasteiger partial charge is 0.413 e. The number of aromatic nitrogens is 3. The molecular formula is C27H25F3N4O2. The van der Waals surface area contributed by atoms with Crippen molar-refractivity contribution in [3.8, 4) is 0 Å². The summed E-state index contributed by atoms with van der Waals surface area (Å²) in [6, 6.07) is 9.55. The SMILES string of the molecule is CCCn1cc(C(O)Nc2ccc(CC3C=C=C(c4cccnc4)C=C3C(F)(F)F)cn2)ccc1=O. The van der Waals surface area contributed by atoms with Crippen LogP contribution in [0.15, 0.2) is 89.4 Å². The molecule has 0 radical (unpaired) electrons. The molecule has 186 valence electrons. The van der Waals surface area contributed by atoms with E-state index < -0.39 is 23.9 Å². The number of nitrogens with zero attached hydrogens (tertiary/aromatic N) is 3. The van der Waals surface area contributed by atoms with E-state index >= 15 is 0 Å². The van der Waals surface area contributed by atoms with Crippen molar-refractivity contribution in [1.82, 2.24) is 14.5 Å². The maximum absolute atomic E-state index is 13.8. The number of allylic oxidation sites excluding steroid dienone is 3. The molecule has 3 aromatic rings. The number of nitrogens with one attached hydrogen (secondary N) is 1. The minimum Gasteiger partial charge on any atom is -0.369 e. The molecule has 1 aliphatic rings. The molecule has 6 nitrogen and oxygen atoms in total. The van der Waals surface area contributed by atoms with Crippen LogP contribution in [0, 0.1) is 5.92 Å². The van der Waals surface area contributed by atoms with Crippen molar-refractivity contribution in [1.29, 1.82) is 0 Å². The van der Waals surface area contributed by atoms with Crippen LogP contribution in [-0.4, -0.2) is 25.8 Å². The van der Waals surface area contributed by atoms with Crippen LogP contribution < -0.4 is 10.9 Å². The van der Waals surface area contributed by atoms with Crippen LogP contribution in [0.4, 0.5) is 19.0 Å². The summed E-state index contributed by atoms with van der Waals surface area (Å²) in [5.41, 5.74) is 4.17. The summed E-state index contributed by atoms with van der Waals surface area (Å²) in [4.78, 5) is 20.1. The van der Waals surface area contributed by atoms with E-state index in [1.165, 1.54) is 35.2 Å². The van der Waals surface area contributed by atoms with Gasteiger partial charge in [-0.05, 0) is 48.8 Å². The first-order valence-corrected chi connectivity index (χ1v) is 11.5. The normalized spacial score (nSPS) is 16.3. The number of halogens is 3. The van der Waals surface area contributed by atoms with Gasteiger partial charge in [0.15, 0.2) is 6.23 Å². The Hall–Kier alpha value is -3.94. The molecule has 4 rings (SSSR count). The van der Waals surface area contributed by atoms with Crippen molar-refractivity contribution in [3.63, 3.8) is 0 Å². The Morgan fingerprint density at radius 1 is 1.19 bits per heavy atom. The third-order valence-corrected chi connectivity index (χ3v) is 5.79. The first-order valence-electron chi connectivity index (χ1n) is 11.5. The third kappa shape index (κ3) is 6.00. The molecule has 0 spiro atoms. The molecule has 0 bridgehead atoms. The van der Waals surface area contributed by atoms with E-state index in [4.69, 9.17) is 0 Å². The van der Waals surface area contributed by atoms with Crippen LogP contribution >= 0.6 is 0 Å². The fraction of sp³-hybridized carbons (Fsp3) is 0.259. The van der Waals surface area contributed by atoms with Gasteiger partial charge in [0.2, 0.25) is 0 Å². The first kappa shape index (κ1) is 25.2. The van der Waals surface area contributed by atoms with Crippen molar-refractivity contribution in [2.75, 3.05) is 5.32 Å². The number of hydrogen-bond donors (Lipinski definition) is 2. The van der Waals surface area contributed by atoms with Crippen molar-refractivity contribution in [2.45, 2.75) is 38.7 Å². The molecule has 3 heterocycles. The summed E-state index contributed by atoms with van der Waals surface area (Å²) < 4.78 is 43.0. The molecule has 0 saturated heterocycles. The third-order valence-electron chi connectivity index (χ3n) is 5.79. The van der Waals surface area contributed by atoms with E-state index in [0.29, 0.717) is 34.6 Å². The van der Waals surface area contributed by atoms with Crippen molar-refractivity contribution < 1.29 is 18.3 Å². The lowest BCUT2D eigenvalue weighted by Crippen LogP contribution is -2.22. The molecular weight excluding hydrogens is 469 g/mol. The maximum atomic E-state index is 13.8. The van der Waals surface area contributed by atoms with Gasteiger partial charge < -0.3 is 15.0 Å². The zero-order valence-corrected chi connectivity index (χ0v) is 19.5. The number of aliphatic hydroxyl groups excluding tert-OH is 1. The molecule has 0 saturated carbocycles. The van der Waals surface area contributed by atoms with Gasteiger partial charge in [0.25, 0.3) is 5.56 Å². The summed E-state index contributed by atoms with van der Waals surface area (Å²) in [7, 11) is 0. The Bertz CT molecular complexity index is 1360. The summed E-state index contributed by atoms with van der Waals surface area (Å²) in [5, 5.41) is 13.4. The predicted octanol–water partition coefficient (Wildman–Crippen LogP) is 5.05. The van der Waals surface area contributed by atoms with E-state index in [9.17, 15) is 23.1 Å². The van der Waals surface area contributed by atoms with Gasteiger partial charge in [0.1, 0.15) is 5.82 Å². The molecule has 2 unspecified atom stereocenters. The van der Waals surface area contributed by atoms with Gasteiger partial charge >= 0.3 is 6.18 Å². The summed E-state index contributed by atoms with van der Waals surface area (Å²) in [6.45, 7) is 2.49. The molecule has 9 heteroatoms. The van der Waals surface area contributed by atoms with Crippen molar-refractivity contribution in [3.05, 3.63) is 112 Å². The smallest absolute Gasteiger partial charge is 0.369 e. The summed E-state index contributed by atoms with van der Waals surface area (Å²) >= 11 is 0. The van der Waals surface area contributed by atoms with Crippen molar-refractivity contribution >= 4 is 11.4 Å².